The molecule has 2 saturated heterocycles. The molecule has 206 valence electrons. The third-order valence-electron chi connectivity index (χ3n) is 7.68. The molecule has 4 amide bonds. The Hall–Kier alpha value is -4.42. The number of amides is 4. The van der Waals surface area contributed by atoms with Crippen LogP contribution in [0.25, 0.3) is 0 Å². The monoisotopic (exact) mass is 539 g/mol. The minimum atomic E-state index is -0.800. The zero-order valence-electron chi connectivity index (χ0n) is 21.6. The molecule has 0 radical (unpaired) electrons. The summed E-state index contributed by atoms with van der Waals surface area (Å²) < 4.78 is 12.0. The van der Waals surface area contributed by atoms with E-state index in [0.29, 0.717) is 42.4 Å². The van der Waals surface area contributed by atoms with Crippen LogP contribution in [0.15, 0.2) is 35.1 Å². The van der Waals surface area contributed by atoms with Gasteiger partial charge in [0.2, 0.25) is 5.91 Å². The van der Waals surface area contributed by atoms with Crippen molar-refractivity contribution in [2.75, 3.05) is 27.3 Å². The zero-order valence-corrected chi connectivity index (χ0v) is 21.6. The van der Waals surface area contributed by atoms with E-state index in [2.05, 4.69) is 5.32 Å². The van der Waals surface area contributed by atoms with Crippen molar-refractivity contribution in [2.45, 2.75) is 44.3 Å². The first-order chi connectivity index (χ1) is 18.7. The first kappa shape index (κ1) is 26.2. The van der Waals surface area contributed by atoms with Gasteiger partial charge in [-0.3, -0.25) is 29.4 Å². The molecule has 2 bridgehead atoms. The van der Waals surface area contributed by atoms with Crippen molar-refractivity contribution in [1.82, 2.24) is 19.7 Å². The average molecular weight is 540 g/mol. The summed E-state index contributed by atoms with van der Waals surface area (Å²) in [6.45, 7) is 1.20. The molecule has 3 aliphatic rings. The smallest absolute Gasteiger partial charge is 0.334 e. The number of urea groups is 1. The summed E-state index contributed by atoms with van der Waals surface area (Å²) >= 11 is 0. The lowest BCUT2D eigenvalue weighted by atomic mass is 9.83. The quantitative estimate of drug-likeness (QED) is 0.302. The van der Waals surface area contributed by atoms with Gasteiger partial charge in [0.15, 0.2) is 11.5 Å². The second-order valence-electron chi connectivity index (χ2n) is 10.1. The molecule has 39 heavy (non-hydrogen) atoms. The number of aromatic nitrogens is 1. The summed E-state index contributed by atoms with van der Waals surface area (Å²) in [4.78, 5) is 64.5. The fourth-order valence-corrected chi connectivity index (χ4v) is 5.79. The number of hydrogen-bond acceptors (Lipinski definition) is 8. The summed E-state index contributed by atoms with van der Waals surface area (Å²) in [6.07, 6.45) is 1.04. The molecule has 0 unspecified atom stereocenters. The van der Waals surface area contributed by atoms with Crippen molar-refractivity contribution in [3.05, 3.63) is 62.1 Å². The Bertz CT molecular complexity index is 1410. The summed E-state index contributed by atoms with van der Waals surface area (Å²) in [5, 5.41) is 13.8. The largest absolute Gasteiger partial charge is 0.493 e. The maximum absolute atomic E-state index is 13.1. The van der Waals surface area contributed by atoms with E-state index in [1.165, 1.54) is 24.9 Å². The van der Waals surface area contributed by atoms with Gasteiger partial charge in [-0.25, -0.2) is 4.79 Å². The first-order valence-corrected chi connectivity index (χ1v) is 12.7. The van der Waals surface area contributed by atoms with E-state index in [0.717, 1.165) is 11.3 Å². The number of likely N-dealkylation sites (tertiary alicyclic amines) is 1. The number of ether oxygens (including phenoxy) is 2. The Morgan fingerprint density at radius 3 is 2.56 bits per heavy atom. The van der Waals surface area contributed by atoms with Gasteiger partial charge in [0, 0.05) is 43.7 Å². The lowest BCUT2D eigenvalue weighted by molar-refractivity contribution is -0.386. The van der Waals surface area contributed by atoms with Crippen molar-refractivity contribution < 1.29 is 28.8 Å². The predicted octanol–water partition coefficient (Wildman–Crippen LogP) is 1.62. The van der Waals surface area contributed by atoms with E-state index < -0.39 is 34.2 Å². The van der Waals surface area contributed by atoms with E-state index in [1.54, 1.807) is 29.2 Å². The lowest BCUT2D eigenvalue weighted by Crippen LogP contribution is -2.49. The number of rotatable bonds is 8. The van der Waals surface area contributed by atoms with Gasteiger partial charge in [-0.2, -0.15) is 0 Å². The van der Waals surface area contributed by atoms with E-state index >= 15 is 0 Å². The molecule has 4 heterocycles. The minimum Gasteiger partial charge on any atom is -0.493 e. The predicted molar refractivity (Wildman–Crippen MR) is 136 cm³/mol. The maximum atomic E-state index is 13.1. The zero-order chi connectivity index (χ0) is 27.8. The number of carbonyl (C=O) groups excluding carboxylic acids is 3. The summed E-state index contributed by atoms with van der Waals surface area (Å²) in [7, 11) is 3.02. The molecular weight excluding hydrogens is 510 g/mol. The van der Waals surface area contributed by atoms with Gasteiger partial charge in [-0.15, -0.1) is 0 Å². The summed E-state index contributed by atoms with van der Waals surface area (Å²) in [5.74, 6) is 0.398. The molecule has 2 aromatic rings. The lowest BCUT2D eigenvalue weighted by Gasteiger charge is -2.42. The molecule has 0 saturated carbocycles. The highest BCUT2D eigenvalue weighted by atomic mass is 16.6. The number of nitrogens with one attached hydrogen (secondary N) is 1. The van der Waals surface area contributed by atoms with E-state index in [9.17, 15) is 29.3 Å². The molecule has 1 aromatic carbocycles. The minimum absolute atomic E-state index is 0.00435. The average Bonchev–Trinajstić information content (AvgIpc) is 3.19. The fraction of sp³-hybridized carbons (Fsp3) is 0.462. The van der Waals surface area contributed by atoms with Crippen LogP contribution in [0, 0.1) is 16.0 Å². The number of carbonyl (C=O) groups is 3. The Morgan fingerprint density at radius 1 is 1.08 bits per heavy atom. The molecule has 5 rings (SSSR count). The maximum Gasteiger partial charge on any atom is 0.334 e. The molecule has 13 nitrogen and oxygen atoms in total. The van der Waals surface area contributed by atoms with Crippen LogP contribution in [0.1, 0.15) is 36.4 Å². The second kappa shape index (κ2) is 10.4. The van der Waals surface area contributed by atoms with Crippen molar-refractivity contribution in [3.63, 3.8) is 0 Å². The highest BCUT2D eigenvalue weighted by Gasteiger charge is 2.40. The van der Waals surface area contributed by atoms with Gasteiger partial charge in [-0.1, -0.05) is 6.07 Å². The topological polar surface area (TPSA) is 153 Å². The molecule has 0 aliphatic carbocycles. The van der Waals surface area contributed by atoms with Crippen molar-refractivity contribution >= 4 is 23.5 Å². The standard InChI is InChI=1S/C26H29N5O8/c1-38-21-7-3-15(10-22(21)39-2)12-30-24(33)18(27-26(30)35)4-8-23(32)28-11-16-9-17(14-28)19-5-6-20(31(36)37)25(34)29(19)13-16/h3,5-7,10,16-18H,4,8-9,11-14H2,1-2H3,(H,27,35)/t16-,17+,18+/m1/s1. The van der Waals surface area contributed by atoms with Crippen LogP contribution in [0.4, 0.5) is 10.5 Å². The highest BCUT2D eigenvalue weighted by molar-refractivity contribution is 6.04. The van der Waals surface area contributed by atoms with Crippen molar-refractivity contribution in [3.8, 4) is 11.5 Å². The molecule has 1 aromatic heterocycles. The highest BCUT2D eigenvalue weighted by Crippen LogP contribution is 2.36. The number of pyridine rings is 1. The number of imide groups is 1. The van der Waals surface area contributed by atoms with Crippen LogP contribution in [-0.4, -0.2) is 70.5 Å². The molecule has 0 spiro atoms. The van der Waals surface area contributed by atoms with Gasteiger partial charge < -0.3 is 24.3 Å². The number of fused-ring (bicyclic) bond motifs is 4. The summed E-state index contributed by atoms with van der Waals surface area (Å²) in [5.41, 5.74) is 0.330. The second-order valence-corrected chi connectivity index (χ2v) is 10.1. The van der Waals surface area contributed by atoms with Gasteiger partial charge in [0.25, 0.3) is 5.91 Å². The third-order valence-corrected chi connectivity index (χ3v) is 7.68. The first-order valence-electron chi connectivity index (χ1n) is 12.7. The van der Waals surface area contributed by atoms with Crippen LogP contribution < -0.4 is 20.3 Å². The van der Waals surface area contributed by atoms with Crippen molar-refractivity contribution in [1.29, 1.82) is 0 Å². The molecule has 13 heteroatoms. The van der Waals surface area contributed by atoms with Gasteiger partial charge in [0.1, 0.15) is 6.04 Å². The number of methoxy groups -OCH3 is 2. The van der Waals surface area contributed by atoms with E-state index in [4.69, 9.17) is 9.47 Å². The molecule has 2 fully saturated rings. The molecule has 3 aliphatic heterocycles. The van der Waals surface area contributed by atoms with Crippen molar-refractivity contribution in [2.24, 2.45) is 5.92 Å². The van der Waals surface area contributed by atoms with Crippen LogP contribution in [0.5, 0.6) is 11.5 Å². The van der Waals surface area contributed by atoms with Crippen LogP contribution in [0.3, 0.4) is 0 Å². The molecule has 1 N–H and O–H groups in total. The number of benzene rings is 1. The molecular formula is C26H29N5O8. The fourth-order valence-electron chi connectivity index (χ4n) is 5.79. The SMILES string of the molecule is COc1ccc(CN2C(=O)N[C@@H](CCC(=O)N3C[C@H]4C[C@@H](C3)c3ccc([N+](=O)[O-])c(=O)n3C4)C2=O)cc1OC. The van der Waals surface area contributed by atoms with E-state index in [-0.39, 0.29) is 37.1 Å². The Labute approximate surface area is 223 Å². The van der Waals surface area contributed by atoms with Gasteiger partial charge in [-0.05, 0) is 42.5 Å². The van der Waals surface area contributed by atoms with Crippen LogP contribution in [0.2, 0.25) is 0 Å². The van der Waals surface area contributed by atoms with Crippen LogP contribution in [-0.2, 0) is 22.7 Å². The van der Waals surface area contributed by atoms with Gasteiger partial charge >= 0.3 is 17.3 Å². The van der Waals surface area contributed by atoms with Gasteiger partial charge in [0.05, 0.1) is 25.7 Å². The Morgan fingerprint density at radius 2 is 1.85 bits per heavy atom. The number of piperidine rings is 1. The summed E-state index contributed by atoms with van der Waals surface area (Å²) in [6, 6.07) is 6.67. The van der Waals surface area contributed by atoms with E-state index in [1.807, 2.05) is 0 Å². The number of hydrogen-bond donors (Lipinski definition) is 1. The Kier molecular flexibility index (Phi) is 6.98. The number of nitrogens with zero attached hydrogens (tertiary/aromatic N) is 4. The van der Waals surface area contributed by atoms with Crippen LogP contribution >= 0.6 is 0 Å². The molecule has 3 atom stereocenters. The third kappa shape index (κ3) is 4.91. The number of nitro groups is 1. The Balaban J connectivity index is 1.20. The normalized spacial score (nSPS) is 21.8.